The molecule has 0 saturated carbocycles. The van der Waals surface area contributed by atoms with Crippen LogP contribution in [0.25, 0.3) is 0 Å². The van der Waals surface area contributed by atoms with Crippen LogP contribution in [-0.2, 0) is 9.59 Å². The Morgan fingerprint density at radius 2 is 1.27 bits per heavy atom. The van der Waals surface area contributed by atoms with Crippen LogP contribution in [0, 0.1) is 5.92 Å². The first kappa shape index (κ1) is 30.1. The summed E-state index contributed by atoms with van der Waals surface area (Å²) in [7, 11) is 0. The monoisotopic (exact) mass is 464 g/mol. The molecule has 1 heterocycles. The number of hydrogen-bond donors (Lipinski definition) is 1. The minimum atomic E-state index is 0.245. The molecule has 4 nitrogen and oxygen atoms in total. The summed E-state index contributed by atoms with van der Waals surface area (Å²) in [6.45, 7) is 8.36. The van der Waals surface area contributed by atoms with E-state index in [9.17, 15) is 9.59 Å². The van der Waals surface area contributed by atoms with E-state index >= 15 is 0 Å². The van der Waals surface area contributed by atoms with E-state index in [2.05, 4.69) is 24.1 Å². The molecule has 0 aromatic carbocycles. The fourth-order valence-corrected chi connectivity index (χ4v) is 4.95. The molecule has 1 fully saturated rings. The van der Waals surface area contributed by atoms with Crippen LogP contribution in [0.5, 0.6) is 0 Å². The van der Waals surface area contributed by atoms with Gasteiger partial charge in [-0.15, -0.1) is 0 Å². The summed E-state index contributed by atoms with van der Waals surface area (Å²) < 4.78 is 0. The fraction of sp³-hybridized carbons (Fsp3) is 0.931. The highest BCUT2D eigenvalue weighted by Gasteiger charge is 2.15. The van der Waals surface area contributed by atoms with Gasteiger partial charge in [0.2, 0.25) is 5.91 Å². The highest BCUT2D eigenvalue weighted by Crippen LogP contribution is 2.19. The van der Waals surface area contributed by atoms with E-state index in [1.165, 1.54) is 89.9 Å². The fourth-order valence-electron chi connectivity index (χ4n) is 4.95. The molecule has 0 aromatic heterocycles. The van der Waals surface area contributed by atoms with E-state index in [-0.39, 0.29) is 5.91 Å². The molecule has 0 spiro atoms. The summed E-state index contributed by atoms with van der Waals surface area (Å²) in [5, 5.41) is 3.26. The van der Waals surface area contributed by atoms with Crippen molar-refractivity contribution in [3.8, 4) is 0 Å². The smallest absolute Gasteiger partial charge is 0.220 e. The average Bonchev–Trinajstić information content (AvgIpc) is 2.82. The van der Waals surface area contributed by atoms with Crippen molar-refractivity contribution in [3.05, 3.63) is 0 Å². The molecule has 1 N–H and O–H groups in total. The maximum atomic E-state index is 12.4. The highest BCUT2D eigenvalue weighted by molar-refractivity contribution is 5.79. The molecule has 1 amide bonds. The van der Waals surface area contributed by atoms with Crippen LogP contribution in [0.15, 0.2) is 0 Å². The van der Waals surface area contributed by atoms with Crippen LogP contribution in [0.2, 0.25) is 0 Å². The summed E-state index contributed by atoms with van der Waals surface area (Å²) >= 11 is 0. The topological polar surface area (TPSA) is 49.4 Å². The number of amides is 1. The van der Waals surface area contributed by atoms with E-state index in [1.807, 2.05) is 0 Å². The lowest BCUT2D eigenvalue weighted by atomic mass is 9.94. The lowest BCUT2D eigenvalue weighted by molar-refractivity contribution is -0.122. The Hall–Kier alpha value is -0.900. The third-order valence-corrected chi connectivity index (χ3v) is 7.31. The number of rotatable bonds is 22. The minimum Gasteiger partial charge on any atom is -0.356 e. The summed E-state index contributed by atoms with van der Waals surface area (Å²) in [5.74, 6) is 1.32. The van der Waals surface area contributed by atoms with Gasteiger partial charge >= 0.3 is 0 Å². The number of ketones is 1. The normalized spacial score (nSPS) is 14.8. The van der Waals surface area contributed by atoms with Crippen LogP contribution in [0.3, 0.4) is 0 Å². The van der Waals surface area contributed by atoms with Crippen molar-refractivity contribution in [2.45, 2.75) is 142 Å². The first-order chi connectivity index (χ1) is 16.2. The largest absolute Gasteiger partial charge is 0.356 e. The summed E-state index contributed by atoms with van der Waals surface area (Å²) in [4.78, 5) is 26.1. The second-order valence-electron chi connectivity index (χ2n) is 10.5. The Balaban J connectivity index is 2.14. The SMILES string of the molecule is CCCCCCCCC(CCCCCCCC)CNC(=O)CCCCCN1CCC(=O)CC1. The Bertz CT molecular complexity index is 454. The third-order valence-electron chi connectivity index (χ3n) is 7.31. The molecule has 33 heavy (non-hydrogen) atoms. The summed E-state index contributed by atoms with van der Waals surface area (Å²) in [6, 6.07) is 0. The molecule has 1 saturated heterocycles. The third kappa shape index (κ3) is 18.1. The van der Waals surface area contributed by atoms with Gasteiger partial charge in [-0.3, -0.25) is 9.59 Å². The van der Waals surface area contributed by atoms with Gasteiger partial charge < -0.3 is 10.2 Å². The minimum absolute atomic E-state index is 0.245. The molecule has 1 rings (SSSR count). The molecular formula is C29H56N2O2. The second-order valence-corrected chi connectivity index (χ2v) is 10.5. The zero-order chi connectivity index (χ0) is 24.0. The molecule has 194 valence electrons. The predicted octanol–water partition coefficient (Wildman–Crippen LogP) is 7.45. The first-order valence-electron chi connectivity index (χ1n) is 14.7. The van der Waals surface area contributed by atoms with Crippen molar-refractivity contribution in [1.29, 1.82) is 0 Å². The highest BCUT2D eigenvalue weighted by atomic mass is 16.1. The Kier molecular flexibility index (Phi) is 19.7. The van der Waals surface area contributed by atoms with Crippen LogP contribution in [0.4, 0.5) is 0 Å². The van der Waals surface area contributed by atoms with Crippen molar-refractivity contribution in [1.82, 2.24) is 10.2 Å². The molecule has 0 atom stereocenters. The number of carbonyl (C=O) groups excluding carboxylic acids is 2. The van der Waals surface area contributed by atoms with Crippen molar-refractivity contribution in [2.24, 2.45) is 5.92 Å². The van der Waals surface area contributed by atoms with Crippen molar-refractivity contribution in [2.75, 3.05) is 26.2 Å². The quantitative estimate of drug-likeness (QED) is 0.169. The second kappa shape index (κ2) is 21.6. The number of piperidine rings is 1. The lowest BCUT2D eigenvalue weighted by Gasteiger charge is -2.25. The van der Waals surface area contributed by atoms with E-state index < -0.39 is 0 Å². The summed E-state index contributed by atoms with van der Waals surface area (Å²) in [6.07, 6.45) is 24.1. The Labute approximate surface area is 206 Å². The molecular weight excluding hydrogens is 408 g/mol. The molecule has 4 heteroatoms. The molecule has 0 aromatic rings. The number of Topliss-reactive ketones (excluding diaryl/α,β-unsaturated/α-hetero) is 1. The van der Waals surface area contributed by atoms with Gasteiger partial charge in [-0.2, -0.15) is 0 Å². The average molecular weight is 465 g/mol. The van der Waals surface area contributed by atoms with Gasteiger partial charge in [-0.25, -0.2) is 0 Å². The standard InChI is InChI=1S/C29H56N2O2/c1-3-5-7-9-11-14-18-27(19-15-12-10-8-6-4-2)26-30-29(33)20-16-13-17-23-31-24-21-28(32)22-25-31/h27H,3-26H2,1-2H3,(H,30,33). The van der Waals surface area contributed by atoms with Crippen LogP contribution in [0.1, 0.15) is 142 Å². The molecule has 0 unspecified atom stereocenters. The van der Waals surface area contributed by atoms with Crippen molar-refractivity contribution < 1.29 is 9.59 Å². The zero-order valence-electron chi connectivity index (χ0n) is 22.3. The van der Waals surface area contributed by atoms with E-state index in [0.29, 0.717) is 18.1 Å². The molecule has 1 aliphatic rings. The molecule has 0 aliphatic carbocycles. The number of likely N-dealkylation sites (tertiary alicyclic amines) is 1. The van der Waals surface area contributed by atoms with Gasteiger partial charge in [0, 0.05) is 38.9 Å². The van der Waals surface area contributed by atoms with E-state index in [4.69, 9.17) is 0 Å². The maximum absolute atomic E-state index is 12.4. The van der Waals surface area contributed by atoms with Gasteiger partial charge in [0.25, 0.3) is 0 Å². The van der Waals surface area contributed by atoms with Gasteiger partial charge in [0.1, 0.15) is 5.78 Å². The van der Waals surface area contributed by atoms with Crippen LogP contribution >= 0.6 is 0 Å². The van der Waals surface area contributed by atoms with Crippen molar-refractivity contribution >= 4 is 11.7 Å². The van der Waals surface area contributed by atoms with Crippen LogP contribution < -0.4 is 5.32 Å². The number of unbranched alkanes of at least 4 members (excludes halogenated alkanes) is 12. The van der Waals surface area contributed by atoms with Gasteiger partial charge in [0.15, 0.2) is 0 Å². The van der Waals surface area contributed by atoms with E-state index in [1.54, 1.807) is 0 Å². The number of carbonyl (C=O) groups is 2. The number of nitrogens with zero attached hydrogens (tertiary/aromatic N) is 1. The number of nitrogens with one attached hydrogen (secondary N) is 1. The zero-order valence-corrected chi connectivity index (χ0v) is 22.3. The predicted molar refractivity (Wildman–Crippen MR) is 142 cm³/mol. The van der Waals surface area contributed by atoms with Gasteiger partial charge in [-0.1, -0.05) is 97.3 Å². The molecule has 0 radical (unpaired) electrons. The summed E-state index contributed by atoms with van der Waals surface area (Å²) in [5.41, 5.74) is 0. The molecule has 0 bridgehead atoms. The molecule has 1 aliphatic heterocycles. The van der Waals surface area contributed by atoms with Crippen LogP contribution in [-0.4, -0.2) is 42.8 Å². The Morgan fingerprint density at radius 1 is 0.758 bits per heavy atom. The Morgan fingerprint density at radius 3 is 1.85 bits per heavy atom. The van der Waals surface area contributed by atoms with Gasteiger partial charge in [0.05, 0.1) is 0 Å². The van der Waals surface area contributed by atoms with E-state index in [0.717, 1.165) is 58.3 Å². The van der Waals surface area contributed by atoms with Crippen molar-refractivity contribution in [3.63, 3.8) is 0 Å². The number of hydrogen-bond acceptors (Lipinski definition) is 3. The maximum Gasteiger partial charge on any atom is 0.220 e. The van der Waals surface area contributed by atoms with Gasteiger partial charge in [-0.05, 0) is 38.1 Å². The first-order valence-corrected chi connectivity index (χ1v) is 14.7. The lowest BCUT2D eigenvalue weighted by Crippen LogP contribution is -2.34.